The van der Waals surface area contributed by atoms with E-state index < -0.39 is 5.91 Å². The lowest BCUT2D eigenvalue weighted by atomic mass is 10.2. The molecule has 2 rings (SSSR count). The molecule has 0 aliphatic heterocycles. The molecule has 0 saturated heterocycles. The molecule has 2 aromatic rings. The molecule has 0 fully saturated rings. The molecule has 100 valence electrons. The number of nitrogen functional groups attached to an aromatic ring is 1. The smallest absolute Gasteiger partial charge is 0.266 e. The van der Waals surface area contributed by atoms with E-state index in [1.54, 1.807) is 0 Å². The van der Waals surface area contributed by atoms with Crippen molar-refractivity contribution < 1.29 is 9.59 Å². The third-order valence-electron chi connectivity index (χ3n) is 2.62. The van der Waals surface area contributed by atoms with Crippen LogP contribution in [0.15, 0.2) is 22.7 Å². The minimum atomic E-state index is -0.557. The summed E-state index contributed by atoms with van der Waals surface area (Å²) in [4.78, 5) is 24.7. The van der Waals surface area contributed by atoms with Crippen molar-refractivity contribution in [2.75, 3.05) is 19.3 Å². The van der Waals surface area contributed by atoms with E-state index in [-0.39, 0.29) is 12.5 Å². The summed E-state index contributed by atoms with van der Waals surface area (Å²) in [7, 11) is 1.52. The van der Waals surface area contributed by atoms with Gasteiger partial charge in [-0.25, -0.2) is 0 Å². The van der Waals surface area contributed by atoms with Crippen molar-refractivity contribution in [3.8, 4) is 0 Å². The van der Waals surface area contributed by atoms with Crippen molar-refractivity contribution in [1.29, 1.82) is 0 Å². The Morgan fingerprint density at radius 3 is 2.74 bits per heavy atom. The summed E-state index contributed by atoms with van der Waals surface area (Å²) < 4.78 is 1.84. The number of likely N-dealkylation sites (N-methyl/N-ethyl adjacent to an activating group) is 1. The van der Waals surface area contributed by atoms with E-state index in [1.165, 1.54) is 23.3 Å². The predicted octanol–water partition coefficient (Wildman–Crippen LogP) is 1.80. The van der Waals surface area contributed by atoms with Crippen molar-refractivity contribution >= 4 is 54.9 Å². The van der Waals surface area contributed by atoms with Gasteiger partial charge in [-0.15, -0.1) is 11.3 Å². The highest BCUT2D eigenvalue weighted by Crippen LogP contribution is 2.35. The maximum Gasteiger partial charge on any atom is 0.266 e. The Morgan fingerprint density at radius 2 is 2.11 bits per heavy atom. The van der Waals surface area contributed by atoms with Crippen LogP contribution in [-0.4, -0.2) is 30.3 Å². The van der Waals surface area contributed by atoms with Crippen LogP contribution >= 0.6 is 27.3 Å². The number of nitrogens with zero attached hydrogens (tertiary/aromatic N) is 1. The van der Waals surface area contributed by atoms with Crippen LogP contribution < -0.4 is 11.5 Å². The Labute approximate surface area is 122 Å². The predicted molar refractivity (Wildman–Crippen MR) is 80.1 cm³/mol. The van der Waals surface area contributed by atoms with Crippen LogP contribution in [0.1, 0.15) is 9.67 Å². The molecule has 0 bridgehead atoms. The zero-order chi connectivity index (χ0) is 14.2. The van der Waals surface area contributed by atoms with Crippen LogP contribution in [0.4, 0.5) is 5.69 Å². The van der Waals surface area contributed by atoms with Crippen LogP contribution in [0.3, 0.4) is 0 Å². The average molecular weight is 342 g/mol. The minimum absolute atomic E-state index is 0.129. The number of amides is 2. The van der Waals surface area contributed by atoms with Gasteiger partial charge < -0.3 is 16.4 Å². The molecule has 0 aliphatic rings. The van der Waals surface area contributed by atoms with Gasteiger partial charge in [-0.3, -0.25) is 9.59 Å². The zero-order valence-corrected chi connectivity index (χ0v) is 12.5. The molecular formula is C12H12BrN3O2S. The standard InChI is InChI=1S/C12H12BrN3O2S/c1-16(5-9(14)17)12(18)11-10(15)7-3-2-6(13)4-8(7)19-11/h2-4H,5,15H2,1H3,(H2,14,17). The Morgan fingerprint density at radius 1 is 1.42 bits per heavy atom. The van der Waals surface area contributed by atoms with Gasteiger partial charge in [-0.05, 0) is 12.1 Å². The van der Waals surface area contributed by atoms with Crippen LogP contribution in [-0.2, 0) is 4.79 Å². The number of thiophene rings is 1. The van der Waals surface area contributed by atoms with Crippen LogP contribution in [0.25, 0.3) is 10.1 Å². The number of rotatable bonds is 3. The number of primary amides is 1. The van der Waals surface area contributed by atoms with Crippen molar-refractivity contribution in [3.05, 3.63) is 27.5 Å². The molecule has 1 heterocycles. The molecule has 2 amide bonds. The fourth-order valence-corrected chi connectivity index (χ4v) is 3.40. The number of carbonyl (C=O) groups excluding carboxylic acids is 2. The molecule has 0 aliphatic carbocycles. The fraction of sp³-hybridized carbons (Fsp3) is 0.167. The average Bonchev–Trinajstić information content (AvgIpc) is 2.64. The lowest BCUT2D eigenvalue weighted by Crippen LogP contribution is -2.35. The van der Waals surface area contributed by atoms with Crippen molar-refractivity contribution in [1.82, 2.24) is 4.90 Å². The van der Waals surface area contributed by atoms with Crippen molar-refractivity contribution in [2.45, 2.75) is 0 Å². The van der Waals surface area contributed by atoms with Gasteiger partial charge in [0.05, 0.1) is 12.2 Å². The topological polar surface area (TPSA) is 89.4 Å². The van der Waals surface area contributed by atoms with Crippen LogP contribution in [0, 0.1) is 0 Å². The number of hydrogen-bond donors (Lipinski definition) is 2. The first-order valence-corrected chi connectivity index (χ1v) is 7.02. The number of halogens is 1. The maximum atomic E-state index is 12.2. The van der Waals surface area contributed by atoms with Gasteiger partial charge in [0.15, 0.2) is 0 Å². The summed E-state index contributed by atoms with van der Waals surface area (Å²) in [5.41, 5.74) is 11.5. The minimum Gasteiger partial charge on any atom is -0.397 e. The molecular weight excluding hydrogens is 330 g/mol. The summed E-state index contributed by atoms with van der Waals surface area (Å²) >= 11 is 4.68. The quantitative estimate of drug-likeness (QED) is 0.891. The maximum absolute atomic E-state index is 12.2. The number of carbonyl (C=O) groups is 2. The lowest BCUT2D eigenvalue weighted by Gasteiger charge is -2.14. The second kappa shape index (κ2) is 5.18. The first-order valence-electron chi connectivity index (χ1n) is 5.41. The van der Waals surface area contributed by atoms with E-state index in [4.69, 9.17) is 11.5 Å². The molecule has 0 saturated carbocycles. The van der Waals surface area contributed by atoms with Gasteiger partial charge in [0.1, 0.15) is 4.88 Å². The fourth-order valence-electron chi connectivity index (χ4n) is 1.73. The van der Waals surface area contributed by atoms with Crippen molar-refractivity contribution in [2.24, 2.45) is 5.73 Å². The summed E-state index contributed by atoms with van der Waals surface area (Å²) in [6.45, 7) is -0.129. The number of benzene rings is 1. The number of hydrogen-bond acceptors (Lipinski definition) is 4. The number of fused-ring (bicyclic) bond motifs is 1. The van der Waals surface area contributed by atoms with Gasteiger partial charge >= 0.3 is 0 Å². The summed E-state index contributed by atoms with van der Waals surface area (Å²) in [5, 5.41) is 0.837. The lowest BCUT2D eigenvalue weighted by molar-refractivity contribution is -0.118. The zero-order valence-electron chi connectivity index (χ0n) is 10.1. The van der Waals surface area contributed by atoms with E-state index in [1.807, 2.05) is 18.2 Å². The molecule has 0 spiro atoms. The molecule has 1 aromatic heterocycles. The number of nitrogens with two attached hydrogens (primary N) is 2. The second-order valence-corrected chi connectivity index (χ2v) is 6.08. The Balaban J connectivity index is 2.42. The second-order valence-electron chi connectivity index (χ2n) is 4.11. The molecule has 5 nitrogen and oxygen atoms in total. The monoisotopic (exact) mass is 341 g/mol. The molecule has 0 radical (unpaired) electrons. The molecule has 0 atom stereocenters. The summed E-state index contributed by atoms with van der Waals surface area (Å²) in [5.74, 6) is -0.855. The third kappa shape index (κ3) is 2.71. The highest BCUT2D eigenvalue weighted by molar-refractivity contribution is 9.10. The first-order chi connectivity index (χ1) is 8.90. The van der Waals surface area contributed by atoms with E-state index in [2.05, 4.69) is 15.9 Å². The molecule has 1 aromatic carbocycles. The SMILES string of the molecule is CN(CC(N)=O)C(=O)c1sc2cc(Br)ccc2c1N. The van der Waals surface area contributed by atoms with E-state index in [0.717, 1.165) is 14.6 Å². The Hall–Kier alpha value is -1.60. The van der Waals surface area contributed by atoms with E-state index >= 15 is 0 Å². The third-order valence-corrected chi connectivity index (χ3v) is 4.27. The van der Waals surface area contributed by atoms with Gasteiger partial charge in [-0.1, -0.05) is 22.0 Å². The Bertz CT molecular complexity index is 668. The molecule has 19 heavy (non-hydrogen) atoms. The summed E-state index contributed by atoms with van der Waals surface area (Å²) in [6.07, 6.45) is 0. The molecule has 0 unspecified atom stereocenters. The first kappa shape index (κ1) is 13.8. The normalized spacial score (nSPS) is 10.6. The van der Waals surface area contributed by atoms with Crippen molar-refractivity contribution in [3.63, 3.8) is 0 Å². The van der Waals surface area contributed by atoms with Gasteiger partial charge in [0.25, 0.3) is 5.91 Å². The van der Waals surface area contributed by atoms with E-state index in [9.17, 15) is 9.59 Å². The number of anilines is 1. The van der Waals surface area contributed by atoms with Crippen LogP contribution in [0.2, 0.25) is 0 Å². The van der Waals surface area contributed by atoms with Gasteiger partial charge in [-0.2, -0.15) is 0 Å². The van der Waals surface area contributed by atoms with Gasteiger partial charge in [0.2, 0.25) is 5.91 Å². The Kier molecular flexibility index (Phi) is 3.77. The highest BCUT2D eigenvalue weighted by Gasteiger charge is 2.20. The van der Waals surface area contributed by atoms with E-state index in [0.29, 0.717) is 10.6 Å². The highest BCUT2D eigenvalue weighted by atomic mass is 79.9. The molecule has 4 N–H and O–H groups in total. The van der Waals surface area contributed by atoms with Gasteiger partial charge in [0, 0.05) is 21.6 Å². The molecule has 7 heteroatoms. The van der Waals surface area contributed by atoms with Crippen LogP contribution in [0.5, 0.6) is 0 Å². The summed E-state index contributed by atoms with van der Waals surface area (Å²) in [6, 6.07) is 5.63. The largest absolute Gasteiger partial charge is 0.397 e.